The fourth-order valence-electron chi connectivity index (χ4n) is 2.95. The molecule has 2 rings (SSSR count). The fourth-order valence-corrected chi connectivity index (χ4v) is 2.95. The highest BCUT2D eigenvalue weighted by Crippen LogP contribution is 2.23. The molecule has 2 aromatic carbocycles. The molecule has 0 fully saturated rings. The zero-order valence-electron chi connectivity index (χ0n) is 16.3. The maximum Gasteiger partial charge on any atom is 0.244 e. The first-order valence-electron chi connectivity index (χ1n) is 9.09. The van der Waals surface area contributed by atoms with E-state index in [0.717, 1.165) is 28.9 Å². The summed E-state index contributed by atoms with van der Waals surface area (Å²) in [5.74, 6) is 0.0710. The summed E-state index contributed by atoms with van der Waals surface area (Å²) in [7, 11) is 0. The summed E-state index contributed by atoms with van der Waals surface area (Å²) in [6.07, 6.45) is 0.838. The molecule has 0 saturated heterocycles. The molecule has 0 atom stereocenters. The lowest BCUT2D eigenvalue weighted by atomic mass is 10.0. The van der Waals surface area contributed by atoms with Crippen LogP contribution in [-0.2, 0) is 16.0 Å². The maximum atomic E-state index is 12.6. The number of para-hydroxylation sites is 1. The molecule has 4 heteroatoms. The highest BCUT2D eigenvalue weighted by Gasteiger charge is 2.17. The summed E-state index contributed by atoms with van der Waals surface area (Å²) >= 11 is 0. The number of rotatable bonds is 6. The van der Waals surface area contributed by atoms with E-state index in [1.165, 1.54) is 17.4 Å². The molecule has 0 unspecified atom stereocenters. The quantitative estimate of drug-likeness (QED) is 0.821. The number of carbonyl (C=O) groups is 2. The summed E-state index contributed by atoms with van der Waals surface area (Å²) in [6, 6.07) is 13.8. The van der Waals surface area contributed by atoms with Crippen molar-refractivity contribution in [1.29, 1.82) is 0 Å². The van der Waals surface area contributed by atoms with Gasteiger partial charge in [0, 0.05) is 18.3 Å². The zero-order valence-corrected chi connectivity index (χ0v) is 16.3. The second-order valence-electron chi connectivity index (χ2n) is 6.86. The van der Waals surface area contributed by atoms with Gasteiger partial charge in [-0.3, -0.25) is 9.59 Å². The van der Waals surface area contributed by atoms with Gasteiger partial charge in [-0.1, -0.05) is 51.1 Å². The molecule has 0 aliphatic carbocycles. The lowest BCUT2D eigenvalue weighted by Crippen LogP contribution is -2.36. The number of hydrogen-bond donors (Lipinski definition) is 1. The van der Waals surface area contributed by atoms with Crippen molar-refractivity contribution < 1.29 is 9.59 Å². The Morgan fingerprint density at radius 3 is 2.27 bits per heavy atom. The monoisotopic (exact) mass is 352 g/mol. The second-order valence-corrected chi connectivity index (χ2v) is 6.86. The molecule has 0 heterocycles. The van der Waals surface area contributed by atoms with Gasteiger partial charge < -0.3 is 10.2 Å². The number of aryl methyl sites for hydroxylation is 2. The predicted molar refractivity (Wildman–Crippen MR) is 108 cm³/mol. The lowest BCUT2D eigenvalue weighted by Gasteiger charge is -2.22. The van der Waals surface area contributed by atoms with Gasteiger partial charge in [0.15, 0.2) is 0 Å². The van der Waals surface area contributed by atoms with Crippen molar-refractivity contribution in [1.82, 2.24) is 0 Å². The van der Waals surface area contributed by atoms with Gasteiger partial charge in [-0.15, -0.1) is 0 Å². The Hall–Kier alpha value is -2.62. The van der Waals surface area contributed by atoms with Crippen molar-refractivity contribution in [2.24, 2.45) is 0 Å². The van der Waals surface area contributed by atoms with Gasteiger partial charge in [-0.2, -0.15) is 0 Å². The third-order valence-electron chi connectivity index (χ3n) is 4.56. The van der Waals surface area contributed by atoms with E-state index < -0.39 is 0 Å². The third-order valence-corrected chi connectivity index (χ3v) is 4.56. The van der Waals surface area contributed by atoms with Crippen LogP contribution in [0, 0.1) is 6.92 Å². The molecule has 0 bridgehead atoms. The second kappa shape index (κ2) is 8.65. The highest BCUT2D eigenvalue weighted by atomic mass is 16.2. The van der Waals surface area contributed by atoms with Crippen molar-refractivity contribution in [3.05, 3.63) is 59.2 Å². The van der Waals surface area contributed by atoms with Gasteiger partial charge in [0.2, 0.25) is 11.8 Å². The standard InChI is InChI=1S/C22H28N2O2/c1-6-18-9-7-8-16(4)22(18)23-21(26)14-24(17(5)25)20-12-10-19(11-13-20)15(2)3/h7-13,15H,6,14H2,1-5H3,(H,23,26). The summed E-state index contributed by atoms with van der Waals surface area (Å²) < 4.78 is 0. The molecular weight excluding hydrogens is 324 g/mol. The maximum absolute atomic E-state index is 12.6. The number of carbonyl (C=O) groups excluding carboxylic acids is 2. The molecule has 26 heavy (non-hydrogen) atoms. The highest BCUT2D eigenvalue weighted by molar-refractivity contribution is 6.02. The van der Waals surface area contributed by atoms with Gasteiger partial charge >= 0.3 is 0 Å². The minimum absolute atomic E-state index is 0.00610. The normalized spacial score (nSPS) is 10.7. The van der Waals surface area contributed by atoms with Crippen LogP contribution in [0.3, 0.4) is 0 Å². The van der Waals surface area contributed by atoms with Gasteiger partial charge in [-0.25, -0.2) is 0 Å². The van der Waals surface area contributed by atoms with Gasteiger partial charge in [0.1, 0.15) is 6.54 Å². The molecule has 0 saturated carbocycles. The van der Waals surface area contributed by atoms with Gasteiger partial charge in [0.05, 0.1) is 0 Å². The van der Waals surface area contributed by atoms with Crippen LogP contribution in [0.4, 0.5) is 11.4 Å². The van der Waals surface area contributed by atoms with Crippen molar-refractivity contribution >= 4 is 23.2 Å². The van der Waals surface area contributed by atoms with Crippen molar-refractivity contribution in [3.63, 3.8) is 0 Å². The number of hydrogen-bond acceptors (Lipinski definition) is 2. The lowest BCUT2D eigenvalue weighted by molar-refractivity contribution is -0.120. The fraction of sp³-hybridized carbons (Fsp3) is 0.364. The third kappa shape index (κ3) is 4.72. The molecule has 0 aromatic heterocycles. The Labute approximate surface area is 156 Å². The first-order valence-corrected chi connectivity index (χ1v) is 9.09. The molecule has 4 nitrogen and oxygen atoms in total. The Morgan fingerprint density at radius 2 is 1.73 bits per heavy atom. The number of amides is 2. The predicted octanol–water partition coefficient (Wildman–Crippen LogP) is 4.67. The molecule has 1 N–H and O–H groups in total. The first kappa shape index (κ1) is 19.7. The zero-order chi connectivity index (χ0) is 19.3. The molecule has 0 radical (unpaired) electrons. The van der Waals surface area contributed by atoms with Crippen LogP contribution in [0.2, 0.25) is 0 Å². The average Bonchev–Trinajstić information content (AvgIpc) is 2.61. The summed E-state index contributed by atoms with van der Waals surface area (Å²) in [6.45, 7) is 9.75. The van der Waals surface area contributed by atoms with Crippen molar-refractivity contribution in [2.45, 2.75) is 47.0 Å². The summed E-state index contributed by atoms with van der Waals surface area (Å²) in [5, 5.41) is 2.98. The summed E-state index contributed by atoms with van der Waals surface area (Å²) in [4.78, 5) is 26.2. The van der Waals surface area contributed by atoms with Crippen LogP contribution in [0.15, 0.2) is 42.5 Å². The van der Waals surface area contributed by atoms with Gasteiger partial charge in [-0.05, 0) is 48.1 Å². The topological polar surface area (TPSA) is 49.4 Å². The van der Waals surface area contributed by atoms with E-state index >= 15 is 0 Å². The van der Waals surface area contributed by atoms with E-state index in [-0.39, 0.29) is 18.4 Å². The van der Waals surface area contributed by atoms with E-state index in [0.29, 0.717) is 5.92 Å². The number of nitrogens with one attached hydrogen (secondary N) is 1. The van der Waals surface area contributed by atoms with E-state index in [4.69, 9.17) is 0 Å². The van der Waals surface area contributed by atoms with E-state index in [9.17, 15) is 9.59 Å². The Balaban J connectivity index is 2.18. The molecule has 2 amide bonds. The number of benzene rings is 2. The van der Waals surface area contributed by atoms with Crippen LogP contribution < -0.4 is 10.2 Å². The Bertz CT molecular complexity index is 779. The largest absolute Gasteiger partial charge is 0.324 e. The van der Waals surface area contributed by atoms with E-state index in [1.54, 1.807) is 0 Å². The summed E-state index contributed by atoms with van der Waals surface area (Å²) in [5.41, 5.74) is 4.90. The van der Waals surface area contributed by atoms with Crippen LogP contribution in [-0.4, -0.2) is 18.4 Å². The van der Waals surface area contributed by atoms with E-state index in [2.05, 4.69) is 26.1 Å². The van der Waals surface area contributed by atoms with E-state index in [1.807, 2.05) is 49.4 Å². The smallest absolute Gasteiger partial charge is 0.244 e. The van der Waals surface area contributed by atoms with Crippen LogP contribution >= 0.6 is 0 Å². The van der Waals surface area contributed by atoms with Gasteiger partial charge in [0.25, 0.3) is 0 Å². The van der Waals surface area contributed by atoms with Crippen LogP contribution in [0.1, 0.15) is 50.3 Å². The first-order chi connectivity index (χ1) is 12.3. The van der Waals surface area contributed by atoms with Crippen molar-refractivity contribution in [3.8, 4) is 0 Å². The Morgan fingerprint density at radius 1 is 1.08 bits per heavy atom. The van der Waals surface area contributed by atoms with Crippen molar-refractivity contribution in [2.75, 3.05) is 16.8 Å². The number of nitrogens with zero attached hydrogens (tertiary/aromatic N) is 1. The molecule has 0 aliphatic heterocycles. The Kier molecular flexibility index (Phi) is 6.56. The molecule has 2 aromatic rings. The molecule has 0 aliphatic rings. The molecular formula is C22H28N2O2. The number of anilines is 2. The molecule has 0 spiro atoms. The molecule has 138 valence electrons. The SMILES string of the molecule is CCc1cccc(C)c1NC(=O)CN(C(C)=O)c1ccc(C(C)C)cc1. The minimum atomic E-state index is -0.197. The van der Waals surface area contributed by atoms with Crippen LogP contribution in [0.25, 0.3) is 0 Å². The average molecular weight is 352 g/mol. The van der Waals surface area contributed by atoms with Crippen LogP contribution in [0.5, 0.6) is 0 Å². The minimum Gasteiger partial charge on any atom is -0.324 e.